The van der Waals surface area contributed by atoms with Crippen LogP contribution in [-0.4, -0.2) is 33.4 Å². The molecule has 4 rings (SSSR count). The van der Waals surface area contributed by atoms with E-state index in [-0.39, 0.29) is 5.69 Å². The van der Waals surface area contributed by atoms with Crippen molar-refractivity contribution in [2.45, 2.75) is 0 Å². The number of para-hydroxylation sites is 2. The van der Waals surface area contributed by atoms with E-state index in [1.54, 1.807) is 18.2 Å². The lowest BCUT2D eigenvalue weighted by atomic mass is 10.2. The van der Waals surface area contributed by atoms with Crippen LogP contribution < -0.4 is 5.32 Å². The maximum Gasteiger partial charge on any atom is 0.359 e. The third-order valence-electron chi connectivity index (χ3n) is 3.88. The van der Waals surface area contributed by atoms with E-state index in [0.717, 1.165) is 15.7 Å². The van der Waals surface area contributed by atoms with Gasteiger partial charge < -0.3 is 4.74 Å². The Morgan fingerprint density at radius 1 is 1.03 bits per heavy atom. The van der Waals surface area contributed by atoms with E-state index in [0.29, 0.717) is 16.2 Å². The molecule has 29 heavy (non-hydrogen) atoms. The SMILES string of the molecule is O=C(COC(=O)c1cnc2ccccc2n1)Nc1nc(-c2ccc(Br)cc2)cs1. The van der Waals surface area contributed by atoms with Gasteiger partial charge in [0.2, 0.25) is 0 Å². The van der Waals surface area contributed by atoms with Gasteiger partial charge in [-0.3, -0.25) is 15.1 Å². The molecule has 2 heterocycles. The van der Waals surface area contributed by atoms with Gasteiger partial charge in [0.1, 0.15) is 0 Å². The topological polar surface area (TPSA) is 94.1 Å². The van der Waals surface area contributed by atoms with Gasteiger partial charge in [0.15, 0.2) is 17.4 Å². The molecular formula is C20H13BrN4O3S. The number of hydrogen-bond acceptors (Lipinski definition) is 7. The standard InChI is InChI=1S/C20H13BrN4O3S/c21-13-7-5-12(6-8-13)17-11-29-20(24-17)25-18(26)10-28-19(27)16-9-22-14-3-1-2-4-15(14)23-16/h1-9,11H,10H2,(H,24,25,26). The quantitative estimate of drug-likeness (QED) is 0.438. The van der Waals surface area contributed by atoms with E-state index in [4.69, 9.17) is 4.74 Å². The summed E-state index contributed by atoms with van der Waals surface area (Å²) in [5.74, 6) is -1.20. The molecule has 0 aliphatic carbocycles. The first-order chi connectivity index (χ1) is 14.1. The molecule has 0 fully saturated rings. The smallest absolute Gasteiger partial charge is 0.359 e. The normalized spacial score (nSPS) is 10.7. The van der Waals surface area contributed by atoms with Crippen molar-refractivity contribution in [3.05, 3.63) is 70.3 Å². The Balaban J connectivity index is 1.35. The summed E-state index contributed by atoms with van der Waals surface area (Å²) in [7, 11) is 0. The third kappa shape index (κ3) is 4.64. The Bertz CT molecular complexity index is 1190. The van der Waals surface area contributed by atoms with Crippen molar-refractivity contribution in [2.75, 3.05) is 11.9 Å². The minimum Gasteiger partial charge on any atom is -0.451 e. The molecular weight excluding hydrogens is 456 g/mol. The molecule has 2 aromatic heterocycles. The van der Waals surface area contributed by atoms with E-state index >= 15 is 0 Å². The average Bonchev–Trinajstić information content (AvgIpc) is 3.20. The van der Waals surface area contributed by atoms with Gasteiger partial charge >= 0.3 is 5.97 Å². The molecule has 0 saturated heterocycles. The number of aromatic nitrogens is 3. The predicted octanol–water partition coefficient (Wildman–Crippen LogP) is 4.31. The number of ether oxygens (including phenoxy) is 1. The Morgan fingerprint density at radius 3 is 2.59 bits per heavy atom. The average molecular weight is 469 g/mol. The highest BCUT2D eigenvalue weighted by Crippen LogP contribution is 2.26. The van der Waals surface area contributed by atoms with E-state index in [2.05, 4.69) is 36.2 Å². The van der Waals surface area contributed by atoms with Gasteiger partial charge in [-0.15, -0.1) is 11.3 Å². The molecule has 1 amide bonds. The van der Waals surface area contributed by atoms with Gasteiger partial charge in [-0.1, -0.05) is 40.2 Å². The van der Waals surface area contributed by atoms with E-state index < -0.39 is 18.5 Å². The van der Waals surface area contributed by atoms with Gasteiger partial charge in [-0.25, -0.2) is 14.8 Å². The zero-order valence-corrected chi connectivity index (χ0v) is 17.2. The Morgan fingerprint density at radius 2 is 1.79 bits per heavy atom. The maximum absolute atomic E-state index is 12.1. The summed E-state index contributed by atoms with van der Waals surface area (Å²) in [6, 6.07) is 14.9. The first-order valence-corrected chi connectivity index (χ1v) is 10.2. The molecule has 0 radical (unpaired) electrons. The lowest BCUT2D eigenvalue weighted by molar-refractivity contribution is -0.119. The number of rotatable bonds is 5. The second-order valence-electron chi connectivity index (χ2n) is 5.91. The minimum atomic E-state index is -0.715. The Kier molecular flexibility index (Phi) is 5.59. The molecule has 0 saturated carbocycles. The predicted molar refractivity (Wildman–Crippen MR) is 114 cm³/mol. The number of thiazole rings is 1. The molecule has 0 spiro atoms. The van der Waals surface area contributed by atoms with Crippen molar-refractivity contribution >= 4 is 55.3 Å². The molecule has 2 aromatic carbocycles. The number of fused-ring (bicyclic) bond motifs is 1. The summed E-state index contributed by atoms with van der Waals surface area (Å²) in [6.07, 6.45) is 1.33. The van der Waals surface area contributed by atoms with Crippen LogP contribution >= 0.6 is 27.3 Å². The van der Waals surface area contributed by atoms with Crippen LogP contribution in [-0.2, 0) is 9.53 Å². The third-order valence-corrected chi connectivity index (χ3v) is 5.17. The van der Waals surface area contributed by atoms with E-state index in [1.165, 1.54) is 17.5 Å². The number of carbonyl (C=O) groups is 2. The molecule has 0 bridgehead atoms. The van der Waals surface area contributed by atoms with Crippen LogP contribution in [0.3, 0.4) is 0 Å². The van der Waals surface area contributed by atoms with Gasteiger partial charge in [-0.2, -0.15) is 0 Å². The number of benzene rings is 2. The van der Waals surface area contributed by atoms with Gasteiger partial charge in [0.05, 0.1) is 22.9 Å². The second-order valence-corrected chi connectivity index (χ2v) is 7.69. The number of amides is 1. The molecule has 7 nitrogen and oxygen atoms in total. The summed E-state index contributed by atoms with van der Waals surface area (Å²) < 4.78 is 6.01. The van der Waals surface area contributed by atoms with E-state index in [1.807, 2.05) is 35.7 Å². The van der Waals surface area contributed by atoms with Crippen molar-refractivity contribution in [1.82, 2.24) is 15.0 Å². The van der Waals surface area contributed by atoms with Crippen LogP contribution in [0.15, 0.2) is 64.6 Å². The van der Waals surface area contributed by atoms with Crippen molar-refractivity contribution in [3.8, 4) is 11.3 Å². The molecule has 1 N–H and O–H groups in total. The van der Waals surface area contributed by atoms with Crippen LogP contribution in [0, 0.1) is 0 Å². The fraction of sp³-hybridized carbons (Fsp3) is 0.0500. The molecule has 9 heteroatoms. The molecule has 0 aliphatic rings. The number of halogens is 1. The highest BCUT2D eigenvalue weighted by Gasteiger charge is 2.14. The summed E-state index contributed by atoms with van der Waals surface area (Å²) in [4.78, 5) is 37.0. The van der Waals surface area contributed by atoms with Crippen LogP contribution in [0.25, 0.3) is 22.3 Å². The van der Waals surface area contributed by atoms with Crippen molar-refractivity contribution in [2.24, 2.45) is 0 Å². The van der Waals surface area contributed by atoms with Gasteiger partial charge in [0.25, 0.3) is 5.91 Å². The van der Waals surface area contributed by atoms with Crippen molar-refractivity contribution in [1.29, 1.82) is 0 Å². The van der Waals surface area contributed by atoms with Crippen LogP contribution in [0.5, 0.6) is 0 Å². The first-order valence-electron chi connectivity index (χ1n) is 8.49. The Hall–Kier alpha value is -3.17. The highest BCUT2D eigenvalue weighted by molar-refractivity contribution is 9.10. The lowest BCUT2D eigenvalue weighted by Gasteiger charge is -2.05. The molecule has 144 valence electrons. The number of carbonyl (C=O) groups excluding carboxylic acids is 2. The second kappa shape index (κ2) is 8.46. The number of nitrogens with zero attached hydrogens (tertiary/aromatic N) is 3. The number of anilines is 1. The lowest BCUT2D eigenvalue weighted by Crippen LogP contribution is -2.21. The molecule has 4 aromatic rings. The van der Waals surface area contributed by atoms with Gasteiger partial charge in [0, 0.05) is 15.4 Å². The largest absolute Gasteiger partial charge is 0.451 e. The first kappa shape index (κ1) is 19.2. The summed E-state index contributed by atoms with van der Waals surface area (Å²) in [5.41, 5.74) is 2.98. The Labute approximate surface area is 177 Å². The monoisotopic (exact) mass is 468 g/mol. The maximum atomic E-state index is 12.1. The molecule has 0 aliphatic heterocycles. The minimum absolute atomic E-state index is 0.0447. The number of nitrogens with one attached hydrogen (secondary N) is 1. The van der Waals surface area contributed by atoms with Crippen LogP contribution in [0.2, 0.25) is 0 Å². The fourth-order valence-corrected chi connectivity index (χ4v) is 3.50. The zero-order chi connectivity index (χ0) is 20.2. The van der Waals surface area contributed by atoms with Crippen molar-refractivity contribution in [3.63, 3.8) is 0 Å². The fourth-order valence-electron chi connectivity index (χ4n) is 2.50. The van der Waals surface area contributed by atoms with Crippen LogP contribution in [0.1, 0.15) is 10.5 Å². The van der Waals surface area contributed by atoms with Gasteiger partial charge in [-0.05, 0) is 24.3 Å². The van der Waals surface area contributed by atoms with E-state index in [9.17, 15) is 9.59 Å². The zero-order valence-electron chi connectivity index (χ0n) is 14.8. The van der Waals surface area contributed by atoms with Crippen molar-refractivity contribution < 1.29 is 14.3 Å². The molecule has 0 atom stereocenters. The number of hydrogen-bond donors (Lipinski definition) is 1. The number of esters is 1. The van der Waals surface area contributed by atoms with Crippen LogP contribution in [0.4, 0.5) is 5.13 Å². The highest BCUT2D eigenvalue weighted by atomic mass is 79.9. The summed E-state index contributed by atoms with van der Waals surface area (Å²) >= 11 is 4.68. The summed E-state index contributed by atoms with van der Waals surface area (Å²) in [6.45, 7) is -0.444. The molecule has 0 unspecified atom stereocenters. The summed E-state index contributed by atoms with van der Waals surface area (Å²) in [5, 5.41) is 4.89.